The predicted molar refractivity (Wildman–Crippen MR) is 113 cm³/mol. The average Bonchev–Trinajstić information content (AvgIpc) is 2.99. The van der Waals surface area contributed by atoms with Gasteiger partial charge in [-0.15, -0.1) is 0 Å². The first kappa shape index (κ1) is 20.3. The number of carbonyl (C=O) groups is 1. The van der Waals surface area contributed by atoms with E-state index in [1.165, 1.54) is 12.1 Å². The van der Waals surface area contributed by atoms with Gasteiger partial charge in [-0.1, -0.05) is 29.5 Å². The number of nitrogens with zero attached hydrogens (tertiary/aromatic N) is 2. The van der Waals surface area contributed by atoms with E-state index in [-0.39, 0.29) is 23.6 Å². The molecule has 3 rings (SSSR count). The van der Waals surface area contributed by atoms with Crippen LogP contribution in [0.5, 0.6) is 0 Å². The van der Waals surface area contributed by atoms with Crippen molar-refractivity contribution in [1.82, 2.24) is 0 Å². The molecular weight excluding hydrogens is 392 g/mol. The van der Waals surface area contributed by atoms with Crippen molar-refractivity contribution in [3.05, 3.63) is 86.0 Å². The van der Waals surface area contributed by atoms with Gasteiger partial charge in [0.1, 0.15) is 16.4 Å². The van der Waals surface area contributed by atoms with Crippen LogP contribution in [-0.2, 0) is 9.53 Å². The summed E-state index contributed by atoms with van der Waals surface area (Å²) >= 11 is 1.14. The van der Waals surface area contributed by atoms with Gasteiger partial charge in [0.15, 0.2) is 0 Å². The Labute approximate surface area is 171 Å². The number of nitro groups is 1. The normalized spacial score (nSPS) is 16.5. The van der Waals surface area contributed by atoms with E-state index < -0.39 is 10.9 Å². The number of aliphatic imine (C=N–C) groups is 1. The number of hydrogen-bond donors (Lipinski definition) is 1. The van der Waals surface area contributed by atoms with Gasteiger partial charge < -0.3 is 9.84 Å². The summed E-state index contributed by atoms with van der Waals surface area (Å²) in [6, 6.07) is 13.3. The summed E-state index contributed by atoms with van der Waals surface area (Å²) in [5, 5.41) is 21.8. The second kappa shape index (κ2) is 8.74. The molecule has 2 aromatic rings. The zero-order valence-corrected chi connectivity index (χ0v) is 16.6. The Morgan fingerprint density at radius 1 is 1.21 bits per heavy atom. The third-order valence-corrected chi connectivity index (χ3v) is 5.06. The molecule has 1 heterocycles. The number of rotatable bonds is 5. The van der Waals surface area contributed by atoms with Gasteiger partial charge in [0.25, 0.3) is 5.69 Å². The molecule has 0 aromatic heterocycles. The highest BCUT2D eigenvalue weighted by atomic mass is 32.2. The van der Waals surface area contributed by atoms with Crippen molar-refractivity contribution in [3.8, 4) is 0 Å². The monoisotopic (exact) mass is 410 g/mol. The molecular formula is C21H18N2O5S. The molecule has 0 aliphatic carbocycles. The number of carbonyl (C=O) groups excluding carboxylic acids is 1. The van der Waals surface area contributed by atoms with Crippen LogP contribution in [0.2, 0.25) is 0 Å². The summed E-state index contributed by atoms with van der Waals surface area (Å²) in [6.07, 6.45) is 1.64. The van der Waals surface area contributed by atoms with Crippen molar-refractivity contribution >= 4 is 40.2 Å². The summed E-state index contributed by atoms with van der Waals surface area (Å²) in [4.78, 5) is 27.6. The molecule has 1 N–H and O–H groups in total. The second-order valence-corrected chi connectivity index (χ2v) is 7.19. The first-order valence-corrected chi connectivity index (χ1v) is 9.61. The van der Waals surface area contributed by atoms with Crippen molar-refractivity contribution in [2.75, 3.05) is 6.61 Å². The topological polar surface area (TPSA) is 102 Å². The lowest BCUT2D eigenvalue weighted by molar-refractivity contribution is -0.384. The molecule has 8 heteroatoms. The maximum Gasteiger partial charge on any atom is 0.344 e. The quantitative estimate of drug-likeness (QED) is 0.418. The van der Waals surface area contributed by atoms with Crippen LogP contribution in [0.3, 0.4) is 0 Å². The van der Waals surface area contributed by atoms with Crippen molar-refractivity contribution in [2.45, 2.75) is 13.8 Å². The number of aliphatic hydroxyl groups excluding tert-OH is 1. The van der Waals surface area contributed by atoms with Crippen LogP contribution in [0, 0.1) is 17.0 Å². The molecule has 1 aliphatic rings. The highest BCUT2D eigenvalue weighted by Gasteiger charge is 2.33. The molecule has 0 radical (unpaired) electrons. The predicted octanol–water partition coefficient (Wildman–Crippen LogP) is 5.10. The fraction of sp³-hybridized carbons (Fsp3) is 0.143. The Kier molecular flexibility index (Phi) is 6.13. The first-order valence-electron chi connectivity index (χ1n) is 8.79. The van der Waals surface area contributed by atoms with E-state index in [0.717, 1.165) is 17.3 Å². The fourth-order valence-corrected chi connectivity index (χ4v) is 3.61. The van der Waals surface area contributed by atoms with Crippen LogP contribution in [0.25, 0.3) is 6.08 Å². The molecule has 0 spiro atoms. The van der Waals surface area contributed by atoms with Crippen LogP contribution in [0.1, 0.15) is 18.1 Å². The molecule has 0 amide bonds. The van der Waals surface area contributed by atoms with E-state index in [1.54, 1.807) is 25.1 Å². The Morgan fingerprint density at radius 3 is 2.45 bits per heavy atom. The first-order chi connectivity index (χ1) is 13.9. The molecule has 2 aromatic carbocycles. The third-order valence-electron chi connectivity index (χ3n) is 4.04. The number of aliphatic hydroxyl groups is 1. The summed E-state index contributed by atoms with van der Waals surface area (Å²) in [6.45, 7) is 3.81. The Morgan fingerprint density at radius 2 is 1.86 bits per heavy atom. The van der Waals surface area contributed by atoms with Crippen LogP contribution in [-0.4, -0.2) is 27.6 Å². The number of nitro benzene ring substituents is 1. The number of hydrogen-bond acceptors (Lipinski definition) is 7. The van der Waals surface area contributed by atoms with Gasteiger partial charge in [0, 0.05) is 12.1 Å². The summed E-state index contributed by atoms with van der Waals surface area (Å²) < 4.78 is 5.07. The lowest BCUT2D eigenvalue weighted by atomic mass is 10.1. The Bertz CT molecular complexity index is 1040. The zero-order chi connectivity index (χ0) is 21.0. The largest absolute Gasteiger partial charge is 0.506 e. The smallest absolute Gasteiger partial charge is 0.344 e. The number of ether oxygens (including phenoxy) is 1. The van der Waals surface area contributed by atoms with Crippen molar-refractivity contribution < 1.29 is 19.6 Å². The fourth-order valence-electron chi connectivity index (χ4n) is 2.57. The van der Waals surface area contributed by atoms with Crippen molar-refractivity contribution in [1.29, 1.82) is 0 Å². The second-order valence-electron chi connectivity index (χ2n) is 6.16. The van der Waals surface area contributed by atoms with Gasteiger partial charge >= 0.3 is 5.97 Å². The van der Waals surface area contributed by atoms with Gasteiger partial charge in [-0.2, -0.15) is 0 Å². The minimum atomic E-state index is -0.657. The lowest BCUT2D eigenvalue weighted by Crippen LogP contribution is -2.12. The summed E-state index contributed by atoms with van der Waals surface area (Å²) in [5.74, 6) is -0.881. The van der Waals surface area contributed by atoms with E-state index >= 15 is 0 Å². The van der Waals surface area contributed by atoms with E-state index in [9.17, 15) is 20.0 Å². The maximum atomic E-state index is 12.4. The minimum Gasteiger partial charge on any atom is -0.506 e. The number of aryl methyl sites for hydroxylation is 1. The van der Waals surface area contributed by atoms with Gasteiger partial charge in [-0.05, 0) is 49.8 Å². The van der Waals surface area contributed by atoms with Crippen molar-refractivity contribution in [3.63, 3.8) is 0 Å². The zero-order valence-electron chi connectivity index (χ0n) is 15.8. The molecule has 0 atom stereocenters. The van der Waals surface area contributed by atoms with Gasteiger partial charge in [0.05, 0.1) is 22.1 Å². The molecule has 0 bridgehead atoms. The molecule has 1 aliphatic heterocycles. The minimum absolute atomic E-state index is 0.00517. The van der Waals surface area contributed by atoms with Crippen LogP contribution < -0.4 is 0 Å². The van der Waals surface area contributed by atoms with Crippen molar-refractivity contribution in [2.24, 2.45) is 4.99 Å². The van der Waals surface area contributed by atoms with E-state index in [0.29, 0.717) is 21.2 Å². The van der Waals surface area contributed by atoms with Crippen LogP contribution in [0.15, 0.2) is 69.8 Å². The molecule has 0 saturated carbocycles. The van der Waals surface area contributed by atoms with Crippen LogP contribution >= 0.6 is 11.8 Å². The van der Waals surface area contributed by atoms with Gasteiger partial charge in [0.2, 0.25) is 0 Å². The molecule has 0 saturated heterocycles. The SMILES string of the molecule is CCOC(=O)C1=C(O)C(=Cc2ccc([N+](=O)[O-])cc2)SC1=Nc1ccc(C)cc1. The van der Waals surface area contributed by atoms with E-state index in [2.05, 4.69) is 4.99 Å². The third kappa shape index (κ3) is 4.72. The van der Waals surface area contributed by atoms with Gasteiger partial charge in [-0.25, -0.2) is 9.79 Å². The maximum absolute atomic E-state index is 12.4. The molecule has 29 heavy (non-hydrogen) atoms. The van der Waals surface area contributed by atoms with E-state index in [4.69, 9.17) is 4.74 Å². The Balaban J connectivity index is 2.00. The van der Waals surface area contributed by atoms with Crippen LogP contribution in [0.4, 0.5) is 11.4 Å². The number of benzene rings is 2. The molecule has 7 nitrogen and oxygen atoms in total. The summed E-state index contributed by atoms with van der Waals surface area (Å²) in [7, 11) is 0. The van der Waals surface area contributed by atoms with Gasteiger partial charge in [-0.3, -0.25) is 10.1 Å². The standard InChI is InChI=1S/C21H18N2O5S/c1-3-28-21(25)18-19(24)17(12-14-6-10-16(11-7-14)23(26)27)29-20(18)22-15-8-4-13(2)5-9-15/h4-12,24H,3H2,1-2H3. The highest BCUT2D eigenvalue weighted by Crippen LogP contribution is 2.40. The highest BCUT2D eigenvalue weighted by molar-refractivity contribution is 8.18. The Hall–Kier alpha value is -3.39. The van der Waals surface area contributed by atoms with E-state index in [1.807, 2.05) is 31.2 Å². The average molecular weight is 410 g/mol. The molecule has 0 unspecified atom stereocenters. The number of thioether (sulfide) groups is 1. The summed E-state index contributed by atoms with van der Waals surface area (Å²) in [5.41, 5.74) is 2.34. The number of esters is 1. The lowest BCUT2D eigenvalue weighted by Gasteiger charge is -2.04. The molecule has 148 valence electrons. The number of non-ortho nitro benzene ring substituents is 1. The molecule has 0 fully saturated rings.